The van der Waals surface area contributed by atoms with Crippen molar-refractivity contribution in [2.45, 2.75) is 18.7 Å². The second kappa shape index (κ2) is 6.30. The first-order chi connectivity index (χ1) is 12.1. The van der Waals surface area contributed by atoms with Crippen LogP contribution in [0.4, 0.5) is 0 Å². The number of amides is 1. The molecule has 130 valence electrons. The predicted octanol–water partition coefficient (Wildman–Crippen LogP) is 0.272. The van der Waals surface area contributed by atoms with Gasteiger partial charge in [0, 0.05) is 26.3 Å². The number of nitrogens with zero attached hydrogens (tertiary/aromatic N) is 4. The van der Waals surface area contributed by atoms with E-state index in [1.54, 1.807) is 6.07 Å². The van der Waals surface area contributed by atoms with Crippen molar-refractivity contribution in [3.63, 3.8) is 0 Å². The molecule has 25 heavy (non-hydrogen) atoms. The van der Waals surface area contributed by atoms with Crippen LogP contribution < -0.4 is 5.32 Å². The smallest absolute Gasteiger partial charge is 0.269 e. The van der Waals surface area contributed by atoms with E-state index in [4.69, 9.17) is 0 Å². The summed E-state index contributed by atoms with van der Waals surface area (Å²) in [5.74, 6) is 0.681. The number of rotatable bonds is 4. The van der Waals surface area contributed by atoms with E-state index in [0.29, 0.717) is 25.3 Å². The fraction of sp³-hybridized carbons (Fsp3) is 0.353. The van der Waals surface area contributed by atoms with Gasteiger partial charge < -0.3 is 15.0 Å². The number of aromatic nitrogens is 4. The van der Waals surface area contributed by atoms with Crippen molar-refractivity contribution in [2.24, 2.45) is 7.05 Å². The van der Waals surface area contributed by atoms with Crippen molar-refractivity contribution in [1.29, 1.82) is 0 Å². The molecule has 3 heterocycles. The third kappa shape index (κ3) is 3.01. The second-order valence-electron chi connectivity index (χ2n) is 6.39. The Labute approximate surface area is 144 Å². The highest BCUT2D eigenvalue weighted by Gasteiger charge is 2.33. The standard InChI is InChI=1S/C17H20N6O2/c1-22-14-5-3-2-4-11(14)19-16(22)10-23-8-13(15(24)9-23)20-17(25)12-6-7-18-21-12/h2-7,13,15,24H,8-10H2,1H3,(H,18,21)(H,20,25)/t13-,15-/m1/s1. The highest BCUT2D eigenvalue weighted by Crippen LogP contribution is 2.18. The Kier molecular flexibility index (Phi) is 3.98. The fourth-order valence-corrected chi connectivity index (χ4v) is 3.30. The number of β-amino-alcohol motifs (C(OH)–C–C–N with tert-alkyl or cyclic N) is 1. The summed E-state index contributed by atoms with van der Waals surface area (Å²) >= 11 is 0. The molecule has 1 aliphatic heterocycles. The average molecular weight is 340 g/mol. The number of aliphatic hydroxyl groups excluding tert-OH is 1. The molecule has 4 rings (SSSR count). The van der Waals surface area contributed by atoms with Crippen LogP contribution in [0, 0.1) is 0 Å². The zero-order valence-corrected chi connectivity index (χ0v) is 13.9. The predicted molar refractivity (Wildman–Crippen MR) is 91.8 cm³/mol. The molecule has 8 heteroatoms. The maximum absolute atomic E-state index is 12.1. The highest BCUT2D eigenvalue weighted by atomic mass is 16.3. The Morgan fingerprint density at radius 1 is 1.36 bits per heavy atom. The summed E-state index contributed by atoms with van der Waals surface area (Å²) in [6, 6.07) is 9.29. The van der Waals surface area contributed by atoms with Gasteiger partial charge in [0.25, 0.3) is 5.91 Å². The molecule has 3 N–H and O–H groups in total. The lowest BCUT2D eigenvalue weighted by Crippen LogP contribution is -2.43. The molecular weight excluding hydrogens is 320 g/mol. The first-order valence-corrected chi connectivity index (χ1v) is 8.23. The van der Waals surface area contributed by atoms with Crippen molar-refractivity contribution in [3.8, 4) is 0 Å². The minimum absolute atomic E-state index is 0.258. The summed E-state index contributed by atoms with van der Waals surface area (Å²) in [6.45, 7) is 1.69. The van der Waals surface area contributed by atoms with Crippen molar-refractivity contribution in [2.75, 3.05) is 13.1 Å². The van der Waals surface area contributed by atoms with E-state index in [9.17, 15) is 9.90 Å². The summed E-state index contributed by atoms with van der Waals surface area (Å²) in [5, 5.41) is 19.5. The minimum Gasteiger partial charge on any atom is -0.390 e. The molecule has 0 unspecified atom stereocenters. The van der Waals surface area contributed by atoms with Crippen LogP contribution in [0.1, 0.15) is 16.3 Å². The van der Waals surface area contributed by atoms with Gasteiger partial charge >= 0.3 is 0 Å². The van der Waals surface area contributed by atoms with E-state index < -0.39 is 6.10 Å². The van der Waals surface area contributed by atoms with Gasteiger partial charge in [0.05, 0.1) is 29.7 Å². The number of hydrogen-bond donors (Lipinski definition) is 3. The molecule has 3 aromatic rings. The molecule has 2 atom stereocenters. The second-order valence-corrected chi connectivity index (χ2v) is 6.39. The van der Waals surface area contributed by atoms with Crippen LogP contribution in [-0.4, -0.2) is 60.9 Å². The molecule has 1 saturated heterocycles. The summed E-state index contributed by atoms with van der Waals surface area (Å²) < 4.78 is 2.07. The van der Waals surface area contributed by atoms with Gasteiger partial charge in [-0.25, -0.2) is 4.98 Å². The summed E-state index contributed by atoms with van der Waals surface area (Å²) in [6.07, 6.45) is 0.916. The number of fused-ring (bicyclic) bond motifs is 1. The van der Waals surface area contributed by atoms with Crippen LogP contribution in [0.25, 0.3) is 11.0 Å². The number of likely N-dealkylation sites (tertiary alicyclic amines) is 1. The maximum Gasteiger partial charge on any atom is 0.269 e. The minimum atomic E-state index is -0.610. The fourth-order valence-electron chi connectivity index (χ4n) is 3.30. The van der Waals surface area contributed by atoms with Crippen LogP contribution >= 0.6 is 0 Å². The topological polar surface area (TPSA) is 99.1 Å². The molecule has 0 saturated carbocycles. The Hall–Kier alpha value is -2.71. The highest BCUT2D eigenvalue weighted by molar-refractivity contribution is 5.92. The summed E-state index contributed by atoms with van der Waals surface area (Å²) in [5.41, 5.74) is 2.44. The normalized spacial score (nSPS) is 21.0. The molecule has 1 amide bonds. The molecule has 2 aromatic heterocycles. The number of H-pyrrole nitrogens is 1. The maximum atomic E-state index is 12.1. The largest absolute Gasteiger partial charge is 0.390 e. The van der Waals surface area contributed by atoms with E-state index in [1.165, 1.54) is 6.20 Å². The molecular formula is C17H20N6O2. The number of carbonyl (C=O) groups is 1. The number of carbonyl (C=O) groups excluding carboxylic acids is 1. The Morgan fingerprint density at radius 3 is 2.96 bits per heavy atom. The molecule has 0 spiro atoms. The zero-order chi connectivity index (χ0) is 17.4. The molecule has 1 fully saturated rings. The van der Waals surface area contributed by atoms with E-state index in [-0.39, 0.29) is 11.9 Å². The number of aliphatic hydroxyl groups is 1. The Balaban J connectivity index is 1.44. The molecule has 1 aromatic carbocycles. The van der Waals surface area contributed by atoms with Gasteiger partial charge in [0.2, 0.25) is 0 Å². The first kappa shape index (κ1) is 15.8. The van der Waals surface area contributed by atoms with Crippen molar-refractivity contribution < 1.29 is 9.90 Å². The van der Waals surface area contributed by atoms with E-state index in [1.807, 2.05) is 31.3 Å². The molecule has 1 aliphatic rings. The number of para-hydroxylation sites is 2. The van der Waals surface area contributed by atoms with E-state index >= 15 is 0 Å². The number of benzene rings is 1. The molecule has 0 aliphatic carbocycles. The Bertz CT molecular complexity index is 888. The summed E-state index contributed by atoms with van der Waals surface area (Å²) in [7, 11) is 1.99. The number of hydrogen-bond acceptors (Lipinski definition) is 5. The van der Waals surface area contributed by atoms with Crippen LogP contribution in [0.15, 0.2) is 36.5 Å². The number of aryl methyl sites for hydroxylation is 1. The average Bonchev–Trinajstić information content (AvgIpc) is 3.30. The van der Waals surface area contributed by atoms with Gasteiger partial charge in [-0.3, -0.25) is 14.8 Å². The van der Waals surface area contributed by atoms with Gasteiger partial charge in [-0.05, 0) is 18.2 Å². The van der Waals surface area contributed by atoms with Crippen molar-refractivity contribution >= 4 is 16.9 Å². The SMILES string of the molecule is Cn1c(CN2C[C@@H](O)[C@H](NC(=O)c3ccn[nH]3)C2)nc2ccccc21. The Morgan fingerprint density at radius 2 is 2.20 bits per heavy atom. The van der Waals surface area contributed by atoms with Crippen LogP contribution in [0.5, 0.6) is 0 Å². The lowest BCUT2D eigenvalue weighted by molar-refractivity contribution is 0.0883. The quantitative estimate of drug-likeness (QED) is 0.633. The van der Waals surface area contributed by atoms with E-state index in [2.05, 4.69) is 30.0 Å². The first-order valence-electron chi connectivity index (χ1n) is 8.23. The van der Waals surface area contributed by atoms with E-state index in [0.717, 1.165) is 16.9 Å². The monoisotopic (exact) mass is 340 g/mol. The third-order valence-electron chi connectivity index (χ3n) is 4.67. The van der Waals surface area contributed by atoms with Crippen molar-refractivity contribution in [3.05, 3.63) is 48.0 Å². The lowest BCUT2D eigenvalue weighted by Gasteiger charge is -2.16. The lowest BCUT2D eigenvalue weighted by atomic mass is 10.2. The number of nitrogens with one attached hydrogen (secondary N) is 2. The van der Waals surface area contributed by atoms with Gasteiger partial charge in [-0.15, -0.1) is 0 Å². The van der Waals surface area contributed by atoms with Gasteiger partial charge in [-0.2, -0.15) is 5.10 Å². The molecule has 8 nitrogen and oxygen atoms in total. The van der Waals surface area contributed by atoms with Gasteiger partial charge in [0.15, 0.2) is 0 Å². The number of aromatic amines is 1. The summed E-state index contributed by atoms with van der Waals surface area (Å²) in [4.78, 5) is 18.9. The zero-order valence-electron chi connectivity index (χ0n) is 13.9. The van der Waals surface area contributed by atoms with Gasteiger partial charge in [0.1, 0.15) is 11.5 Å². The third-order valence-corrected chi connectivity index (χ3v) is 4.67. The molecule has 0 radical (unpaired) electrons. The molecule has 0 bridgehead atoms. The van der Waals surface area contributed by atoms with Crippen LogP contribution in [0.3, 0.4) is 0 Å². The van der Waals surface area contributed by atoms with Crippen molar-refractivity contribution in [1.82, 2.24) is 30.0 Å². The van der Waals surface area contributed by atoms with Crippen LogP contribution in [-0.2, 0) is 13.6 Å². The van der Waals surface area contributed by atoms with Crippen LogP contribution in [0.2, 0.25) is 0 Å². The van der Waals surface area contributed by atoms with Gasteiger partial charge in [-0.1, -0.05) is 12.1 Å². The number of imidazole rings is 1.